The van der Waals surface area contributed by atoms with Crippen LogP contribution in [0.4, 0.5) is 4.39 Å². The van der Waals surface area contributed by atoms with Crippen molar-refractivity contribution in [1.29, 1.82) is 0 Å². The number of aromatic nitrogens is 1. The number of rotatable bonds is 10. The first kappa shape index (κ1) is 33.9. The summed E-state index contributed by atoms with van der Waals surface area (Å²) in [5.41, 5.74) is -1.97. The second kappa shape index (κ2) is 13.2. The van der Waals surface area contributed by atoms with Gasteiger partial charge in [-0.3, -0.25) is 4.79 Å². The van der Waals surface area contributed by atoms with E-state index in [-0.39, 0.29) is 40.1 Å². The number of aromatic hydroxyl groups is 1. The summed E-state index contributed by atoms with van der Waals surface area (Å²) in [6, 6.07) is 2.67. The van der Waals surface area contributed by atoms with Crippen LogP contribution in [0, 0.1) is 11.7 Å². The lowest BCUT2D eigenvalue weighted by atomic mass is 9.97. The van der Waals surface area contributed by atoms with Crippen molar-refractivity contribution in [3.63, 3.8) is 0 Å². The molecule has 1 aromatic heterocycles. The molecule has 244 valence electrons. The molecule has 5 unspecified atom stereocenters. The number of carbonyl (C=O) groups is 2. The van der Waals surface area contributed by atoms with Crippen LogP contribution in [0.1, 0.15) is 41.4 Å². The summed E-state index contributed by atoms with van der Waals surface area (Å²) >= 11 is 5.88. The van der Waals surface area contributed by atoms with Crippen LogP contribution in [-0.4, -0.2) is 96.7 Å². The molecule has 45 heavy (non-hydrogen) atoms. The van der Waals surface area contributed by atoms with E-state index in [4.69, 9.17) is 25.8 Å². The number of halogens is 2. The van der Waals surface area contributed by atoms with Gasteiger partial charge in [-0.05, 0) is 23.6 Å². The molecule has 2 aromatic carbocycles. The minimum Gasteiger partial charge on any atom is -0.506 e. The van der Waals surface area contributed by atoms with Crippen molar-refractivity contribution in [3.8, 4) is 17.2 Å². The van der Waals surface area contributed by atoms with Crippen LogP contribution in [-0.2, 0) is 16.0 Å². The van der Waals surface area contributed by atoms with Crippen molar-refractivity contribution in [2.45, 2.75) is 57.0 Å². The molecule has 0 radical (unpaired) electrons. The van der Waals surface area contributed by atoms with Crippen LogP contribution in [0.3, 0.4) is 0 Å². The largest absolute Gasteiger partial charge is 0.506 e. The normalized spacial score (nSPS) is 22.4. The van der Waals surface area contributed by atoms with Crippen LogP contribution < -0.4 is 14.9 Å². The Morgan fingerprint density at radius 1 is 1.09 bits per heavy atom. The van der Waals surface area contributed by atoms with Gasteiger partial charge < -0.3 is 54.5 Å². The number of methoxy groups -OCH3 is 1. The fourth-order valence-electron chi connectivity index (χ4n) is 5.21. The van der Waals surface area contributed by atoms with Gasteiger partial charge in [-0.2, -0.15) is 0 Å². The number of aliphatic hydroxyl groups is 4. The van der Waals surface area contributed by atoms with Crippen LogP contribution >= 0.6 is 11.6 Å². The van der Waals surface area contributed by atoms with Crippen LogP contribution in [0.15, 0.2) is 29.2 Å². The number of fused-ring (bicyclic) bond motifs is 1. The summed E-state index contributed by atoms with van der Waals surface area (Å²) < 4.78 is 33.2. The first-order chi connectivity index (χ1) is 21.1. The summed E-state index contributed by atoms with van der Waals surface area (Å²) in [5, 5.41) is 69.8. The van der Waals surface area contributed by atoms with E-state index in [1.165, 1.54) is 23.8 Å². The number of benzene rings is 2. The highest BCUT2D eigenvalue weighted by Gasteiger charge is 2.48. The van der Waals surface area contributed by atoms with Crippen molar-refractivity contribution >= 4 is 34.4 Å². The van der Waals surface area contributed by atoms with Crippen molar-refractivity contribution in [1.82, 2.24) is 4.57 Å². The van der Waals surface area contributed by atoms with Gasteiger partial charge in [0.15, 0.2) is 17.6 Å². The zero-order valence-corrected chi connectivity index (χ0v) is 24.8. The van der Waals surface area contributed by atoms with Gasteiger partial charge in [0.2, 0.25) is 11.7 Å². The van der Waals surface area contributed by atoms with Gasteiger partial charge in [0.1, 0.15) is 40.5 Å². The van der Waals surface area contributed by atoms with Gasteiger partial charge in [0, 0.05) is 18.2 Å². The highest BCUT2D eigenvalue weighted by molar-refractivity contribution is 6.32. The zero-order chi connectivity index (χ0) is 33.5. The number of carboxylic acids is 2. The smallest absolute Gasteiger partial charge is 0.341 e. The predicted molar refractivity (Wildman–Crippen MR) is 154 cm³/mol. The first-order valence-corrected chi connectivity index (χ1v) is 13.9. The number of aromatic carboxylic acids is 1. The molecule has 1 aliphatic rings. The first-order valence-electron chi connectivity index (χ1n) is 13.5. The Hall–Kier alpha value is -3.99. The van der Waals surface area contributed by atoms with Gasteiger partial charge >= 0.3 is 11.9 Å². The number of aliphatic hydroxyl groups excluding tert-OH is 4. The second-order valence-electron chi connectivity index (χ2n) is 10.8. The molecule has 0 amide bonds. The van der Waals surface area contributed by atoms with Crippen molar-refractivity contribution < 1.29 is 63.9 Å². The molecule has 2 heterocycles. The van der Waals surface area contributed by atoms with Crippen molar-refractivity contribution in [3.05, 3.63) is 62.1 Å². The second-order valence-corrected chi connectivity index (χ2v) is 11.2. The third-order valence-electron chi connectivity index (χ3n) is 7.62. The topological polar surface area (TPSA) is 225 Å². The van der Waals surface area contributed by atoms with E-state index in [2.05, 4.69) is 0 Å². The maximum atomic E-state index is 15.1. The minimum absolute atomic E-state index is 0.0117. The molecule has 0 bridgehead atoms. The molecule has 4 rings (SSSR count). The lowest BCUT2D eigenvalue weighted by Gasteiger charge is -2.39. The van der Waals surface area contributed by atoms with Gasteiger partial charge in [-0.15, -0.1) is 0 Å². The molecule has 6 atom stereocenters. The number of hydrogen-bond acceptors (Lipinski definition) is 11. The minimum atomic E-state index is -2.07. The van der Waals surface area contributed by atoms with Crippen molar-refractivity contribution in [2.24, 2.45) is 5.92 Å². The average molecular weight is 656 g/mol. The molecule has 7 N–H and O–H groups in total. The Bertz CT molecular complexity index is 1690. The summed E-state index contributed by atoms with van der Waals surface area (Å²) in [6.07, 6.45) is -9.64. The molecule has 1 saturated heterocycles. The summed E-state index contributed by atoms with van der Waals surface area (Å²) in [7, 11) is 1.18. The monoisotopic (exact) mass is 655 g/mol. The molecule has 14 nitrogen and oxygen atoms in total. The number of phenols is 1. The highest BCUT2D eigenvalue weighted by Crippen LogP contribution is 2.43. The van der Waals surface area contributed by atoms with E-state index in [9.17, 15) is 50.1 Å². The van der Waals surface area contributed by atoms with Crippen molar-refractivity contribution in [2.75, 3.05) is 13.7 Å². The Kier molecular flexibility index (Phi) is 9.91. The molecular weight excluding hydrogens is 625 g/mol. The van der Waals surface area contributed by atoms with Crippen LogP contribution in [0.25, 0.3) is 10.9 Å². The van der Waals surface area contributed by atoms with Crippen LogP contribution in [0.2, 0.25) is 5.02 Å². The maximum absolute atomic E-state index is 15.1. The number of aliphatic carboxylic acids is 1. The molecule has 3 aromatic rings. The molecule has 0 saturated carbocycles. The van der Waals surface area contributed by atoms with E-state index >= 15 is 4.39 Å². The number of carboxylic acid groups (broad SMARTS) is 2. The molecule has 0 spiro atoms. The third kappa shape index (κ3) is 6.14. The van der Waals surface area contributed by atoms with Gasteiger partial charge in [-0.25, -0.2) is 14.0 Å². The maximum Gasteiger partial charge on any atom is 0.341 e. The standard InChI is InChI=1S/C29H31ClFNO13/c1-10(2)15(9-33)32-8-14(27(39)40)20(35)13-7-12(6-11-4-5-16(34)17(30)18(11)31)24(43-3)25(19(13)32)44-29-23(38)21(36)22(37)26(45-29)28(41)42/h4-5,7-8,10,15,21-23,26,29,33-34,36-38H,6,9H2,1-3H3,(H,39,40)(H,41,42)/t15-,21?,22?,23?,26?,29?/m1/s1. The van der Waals surface area contributed by atoms with E-state index < -0.39 is 88.6 Å². The quantitative estimate of drug-likeness (QED) is 0.163. The number of nitrogens with zero attached hydrogens (tertiary/aromatic N) is 1. The van der Waals surface area contributed by atoms with Gasteiger partial charge in [0.05, 0.1) is 30.7 Å². The molecule has 1 fully saturated rings. The Morgan fingerprint density at radius 3 is 2.31 bits per heavy atom. The molecule has 1 aliphatic heterocycles. The van der Waals surface area contributed by atoms with E-state index in [0.717, 1.165) is 12.3 Å². The number of ether oxygens (including phenoxy) is 3. The van der Waals surface area contributed by atoms with Gasteiger partial charge in [-0.1, -0.05) is 31.5 Å². The summed E-state index contributed by atoms with van der Waals surface area (Å²) in [5.74, 6) is -5.87. The highest BCUT2D eigenvalue weighted by atomic mass is 35.5. The lowest BCUT2D eigenvalue weighted by Crippen LogP contribution is -2.61. The molecule has 0 aliphatic carbocycles. The third-order valence-corrected chi connectivity index (χ3v) is 7.98. The Balaban J connectivity index is 2.10. The summed E-state index contributed by atoms with van der Waals surface area (Å²) in [6.45, 7) is 2.86. The Morgan fingerprint density at radius 2 is 1.76 bits per heavy atom. The Labute approximate surface area is 259 Å². The number of hydrogen-bond donors (Lipinski definition) is 7. The number of phenolic OH excluding ortho intramolecular Hbond substituents is 1. The molecular formula is C29H31ClFNO13. The fraction of sp³-hybridized carbons (Fsp3) is 0.414. The predicted octanol–water partition coefficient (Wildman–Crippen LogP) is 1.26. The number of pyridine rings is 1. The zero-order valence-electron chi connectivity index (χ0n) is 24.0. The van der Waals surface area contributed by atoms with E-state index in [1.54, 1.807) is 13.8 Å². The average Bonchev–Trinajstić information content (AvgIpc) is 2.98. The van der Waals surface area contributed by atoms with E-state index in [1.807, 2.05) is 0 Å². The molecule has 16 heteroatoms. The van der Waals surface area contributed by atoms with E-state index in [0.29, 0.717) is 0 Å². The lowest BCUT2D eigenvalue weighted by molar-refractivity contribution is -0.271. The van der Waals surface area contributed by atoms with Gasteiger partial charge in [0.25, 0.3) is 0 Å². The SMILES string of the molecule is COc1c(Cc2ccc(O)c(Cl)c2F)cc2c(=O)c(C(=O)O)cn([C@H](CO)C(C)C)c2c1OC1OC(C(=O)O)C(O)C(O)C1O. The fourth-order valence-corrected chi connectivity index (χ4v) is 5.39. The summed E-state index contributed by atoms with van der Waals surface area (Å²) in [4.78, 5) is 37.5. The van der Waals surface area contributed by atoms with Crippen LogP contribution in [0.5, 0.6) is 17.2 Å².